The third-order valence-corrected chi connectivity index (χ3v) is 3.35. The van der Waals surface area contributed by atoms with Crippen LogP contribution in [0.1, 0.15) is 18.2 Å². The van der Waals surface area contributed by atoms with Gasteiger partial charge in [0.1, 0.15) is 6.04 Å². The first-order valence-electron chi connectivity index (χ1n) is 5.88. The molecule has 0 bridgehead atoms. The summed E-state index contributed by atoms with van der Waals surface area (Å²) in [5, 5.41) is 10.8. The van der Waals surface area contributed by atoms with Crippen LogP contribution in [0.2, 0.25) is 0 Å². The molecule has 0 heterocycles. The molecule has 0 radical (unpaired) electrons. The lowest BCUT2D eigenvalue weighted by Gasteiger charge is -2.15. The van der Waals surface area contributed by atoms with E-state index in [0.717, 1.165) is 0 Å². The number of carboxylic acids is 1. The van der Waals surface area contributed by atoms with Crippen LogP contribution in [-0.4, -0.2) is 41.7 Å². The highest BCUT2D eigenvalue weighted by Crippen LogP contribution is 2.17. The summed E-state index contributed by atoms with van der Waals surface area (Å²) in [6, 6.07) is 5.77. The van der Waals surface area contributed by atoms with E-state index in [4.69, 9.17) is 9.66 Å². The predicted molar refractivity (Wildman–Crippen MR) is 70.9 cm³/mol. The van der Waals surface area contributed by atoms with Gasteiger partial charge in [-0.15, -0.1) is 0 Å². The number of benzene rings is 1. The van der Waals surface area contributed by atoms with Crippen LogP contribution in [-0.2, 0) is 19.7 Å². The van der Waals surface area contributed by atoms with Gasteiger partial charge in [-0.3, -0.25) is 9.35 Å². The summed E-state index contributed by atoms with van der Waals surface area (Å²) in [7, 11) is -4.37. The van der Waals surface area contributed by atoms with Crippen molar-refractivity contribution in [3.05, 3.63) is 35.9 Å². The average Bonchev–Trinajstić information content (AvgIpc) is 2.42. The van der Waals surface area contributed by atoms with Crippen molar-refractivity contribution in [1.29, 1.82) is 0 Å². The average molecular weight is 319 g/mol. The monoisotopic (exact) mass is 319 g/mol. The number of alkyl halides is 1. The van der Waals surface area contributed by atoms with E-state index in [-0.39, 0.29) is 5.56 Å². The molecule has 0 spiro atoms. The minimum atomic E-state index is -4.37. The van der Waals surface area contributed by atoms with Crippen molar-refractivity contribution in [2.45, 2.75) is 18.6 Å². The number of rotatable bonds is 7. The number of aliphatic carboxylic acids is 1. The molecule has 0 fully saturated rings. The first-order chi connectivity index (χ1) is 9.70. The number of hydrogen-bond acceptors (Lipinski definition) is 4. The lowest BCUT2D eigenvalue weighted by Crippen LogP contribution is -2.43. The third-order valence-electron chi connectivity index (χ3n) is 2.60. The van der Waals surface area contributed by atoms with E-state index in [9.17, 15) is 22.4 Å². The molecule has 0 saturated carbocycles. The summed E-state index contributed by atoms with van der Waals surface area (Å²) in [6.45, 7) is 0. The Balaban J connectivity index is 2.71. The third kappa shape index (κ3) is 5.88. The zero-order chi connectivity index (χ0) is 16.0. The number of carbonyl (C=O) groups excluding carboxylic acids is 1. The molecular formula is C12H14FNO6S. The van der Waals surface area contributed by atoms with E-state index in [1.165, 1.54) is 24.3 Å². The molecule has 1 aromatic rings. The summed E-state index contributed by atoms with van der Waals surface area (Å²) in [5.41, 5.74) is 0.0499. The van der Waals surface area contributed by atoms with Gasteiger partial charge in [0.05, 0.1) is 5.75 Å². The molecule has 1 amide bonds. The highest BCUT2D eigenvalue weighted by atomic mass is 32.2. The maximum absolute atomic E-state index is 13.9. The minimum Gasteiger partial charge on any atom is -0.480 e. The Kier molecular flexibility index (Phi) is 5.79. The molecule has 0 aromatic heterocycles. The first-order valence-corrected chi connectivity index (χ1v) is 7.49. The fourth-order valence-corrected chi connectivity index (χ4v) is 2.08. The normalized spacial score (nSPS) is 14.2. The molecular weight excluding hydrogens is 305 g/mol. The molecule has 116 valence electrons. The van der Waals surface area contributed by atoms with Gasteiger partial charge < -0.3 is 10.4 Å². The van der Waals surface area contributed by atoms with Crippen LogP contribution in [0.4, 0.5) is 4.39 Å². The standard InChI is InChI=1S/C12H14FNO6S/c13-10(8-4-2-1-3-5-8)11(15)14-9(12(16)17)6-7-21(18,19)20/h1-5,9-10H,6-7H2,(H,14,15)(H,16,17)(H,18,19,20)/t9-,10?/m0/s1. The number of carboxylic acid groups (broad SMARTS) is 1. The number of hydrogen-bond donors (Lipinski definition) is 3. The molecule has 0 saturated heterocycles. The fraction of sp³-hybridized carbons (Fsp3) is 0.333. The topological polar surface area (TPSA) is 121 Å². The molecule has 3 N–H and O–H groups in total. The van der Waals surface area contributed by atoms with Gasteiger partial charge in [0.2, 0.25) is 6.17 Å². The van der Waals surface area contributed by atoms with Crippen molar-refractivity contribution in [1.82, 2.24) is 5.32 Å². The minimum absolute atomic E-state index is 0.0499. The van der Waals surface area contributed by atoms with Crippen molar-refractivity contribution in [2.75, 3.05) is 5.75 Å². The van der Waals surface area contributed by atoms with Crippen LogP contribution >= 0.6 is 0 Å². The maximum atomic E-state index is 13.9. The summed E-state index contributed by atoms with van der Waals surface area (Å²) in [5.74, 6) is -3.57. The van der Waals surface area contributed by atoms with Crippen molar-refractivity contribution in [2.24, 2.45) is 0 Å². The Labute approximate surface area is 120 Å². The Hall–Kier alpha value is -2.00. The van der Waals surface area contributed by atoms with E-state index in [0.29, 0.717) is 0 Å². The van der Waals surface area contributed by atoms with Crippen LogP contribution in [0.25, 0.3) is 0 Å². The molecule has 1 rings (SSSR count). The molecule has 0 aliphatic heterocycles. The van der Waals surface area contributed by atoms with Crippen molar-refractivity contribution >= 4 is 22.0 Å². The number of carbonyl (C=O) groups is 2. The van der Waals surface area contributed by atoms with Crippen LogP contribution in [0.3, 0.4) is 0 Å². The SMILES string of the molecule is O=C(N[C@@H](CCS(=O)(=O)O)C(=O)O)C(F)c1ccccc1. The van der Waals surface area contributed by atoms with Gasteiger partial charge >= 0.3 is 5.97 Å². The van der Waals surface area contributed by atoms with E-state index < -0.39 is 46.4 Å². The van der Waals surface area contributed by atoms with Gasteiger partial charge in [-0.05, 0) is 12.0 Å². The van der Waals surface area contributed by atoms with Crippen molar-refractivity contribution in [3.63, 3.8) is 0 Å². The lowest BCUT2D eigenvalue weighted by molar-refractivity contribution is -0.142. The van der Waals surface area contributed by atoms with E-state index in [2.05, 4.69) is 0 Å². The molecule has 9 heteroatoms. The molecule has 7 nitrogen and oxygen atoms in total. The highest BCUT2D eigenvalue weighted by Gasteiger charge is 2.27. The zero-order valence-electron chi connectivity index (χ0n) is 10.8. The second-order valence-electron chi connectivity index (χ2n) is 4.25. The van der Waals surface area contributed by atoms with Gasteiger partial charge in [-0.1, -0.05) is 30.3 Å². The van der Waals surface area contributed by atoms with Gasteiger partial charge in [0.25, 0.3) is 16.0 Å². The van der Waals surface area contributed by atoms with Crippen LogP contribution in [0, 0.1) is 0 Å². The van der Waals surface area contributed by atoms with E-state index in [1.807, 2.05) is 5.32 Å². The molecule has 1 aromatic carbocycles. The fourth-order valence-electron chi connectivity index (χ4n) is 1.54. The highest BCUT2D eigenvalue weighted by molar-refractivity contribution is 7.85. The largest absolute Gasteiger partial charge is 0.480 e. The van der Waals surface area contributed by atoms with Gasteiger partial charge in [0, 0.05) is 0 Å². The number of halogens is 1. The molecule has 2 atom stereocenters. The van der Waals surface area contributed by atoms with Crippen LogP contribution in [0.15, 0.2) is 30.3 Å². The molecule has 0 aliphatic carbocycles. The van der Waals surface area contributed by atoms with Crippen LogP contribution < -0.4 is 5.32 Å². The summed E-state index contributed by atoms with van der Waals surface area (Å²) in [6.07, 6.45) is -2.64. The van der Waals surface area contributed by atoms with Crippen molar-refractivity contribution < 1.29 is 32.1 Å². The number of amides is 1. The summed E-state index contributed by atoms with van der Waals surface area (Å²) >= 11 is 0. The Morgan fingerprint density at radius 3 is 2.29 bits per heavy atom. The van der Waals surface area contributed by atoms with E-state index >= 15 is 0 Å². The smallest absolute Gasteiger partial charge is 0.326 e. The number of nitrogens with one attached hydrogen (secondary N) is 1. The summed E-state index contributed by atoms with van der Waals surface area (Å²) in [4.78, 5) is 22.5. The quantitative estimate of drug-likeness (QED) is 0.631. The Bertz CT molecular complexity index is 603. The predicted octanol–water partition coefficient (Wildman–Crippen LogP) is 0.544. The Morgan fingerprint density at radius 2 is 1.81 bits per heavy atom. The second-order valence-corrected chi connectivity index (χ2v) is 5.82. The molecule has 21 heavy (non-hydrogen) atoms. The van der Waals surface area contributed by atoms with E-state index in [1.54, 1.807) is 6.07 Å². The molecule has 0 aliphatic rings. The lowest BCUT2D eigenvalue weighted by atomic mass is 10.1. The second kappa shape index (κ2) is 7.14. The Morgan fingerprint density at radius 1 is 1.24 bits per heavy atom. The van der Waals surface area contributed by atoms with Crippen molar-refractivity contribution in [3.8, 4) is 0 Å². The van der Waals surface area contributed by atoms with Gasteiger partial charge in [0.15, 0.2) is 0 Å². The van der Waals surface area contributed by atoms with Crippen LogP contribution in [0.5, 0.6) is 0 Å². The van der Waals surface area contributed by atoms with Gasteiger partial charge in [-0.2, -0.15) is 8.42 Å². The maximum Gasteiger partial charge on any atom is 0.326 e. The summed E-state index contributed by atoms with van der Waals surface area (Å²) < 4.78 is 43.6. The zero-order valence-corrected chi connectivity index (χ0v) is 11.6. The van der Waals surface area contributed by atoms with Gasteiger partial charge in [-0.25, -0.2) is 9.18 Å². The first kappa shape index (κ1) is 17.1. The molecule has 1 unspecified atom stereocenters.